The number of sulfone groups is 1. The van der Waals surface area contributed by atoms with Crippen molar-refractivity contribution in [1.82, 2.24) is 4.31 Å². The van der Waals surface area contributed by atoms with E-state index >= 15 is 0 Å². The first kappa shape index (κ1) is 22.1. The maximum atomic E-state index is 12.9. The lowest BCUT2D eigenvalue weighted by Crippen LogP contribution is -2.58. The maximum absolute atomic E-state index is 12.9. The van der Waals surface area contributed by atoms with Crippen LogP contribution >= 0.6 is 23.2 Å². The molecule has 0 aromatic heterocycles. The van der Waals surface area contributed by atoms with E-state index in [4.69, 9.17) is 23.2 Å². The molecule has 1 saturated carbocycles. The molecule has 30 heavy (non-hydrogen) atoms. The smallest absolute Gasteiger partial charge is 0.228 e. The first-order valence-corrected chi connectivity index (χ1v) is 13.8. The van der Waals surface area contributed by atoms with Crippen molar-refractivity contribution >= 4 is 43.1 Å². The number of halogens is 2. The standard InChI is InChI=1S/C21H23Cl2NO4S2/c22-17-10-16(11-18(23)12-17)15-6-8-20(9-7-15)30(27,28)24-13-21(14-24)29(25,26)19-4-2-1-3-5-19/h6-12,19,21H,1-5,13-14H2. The summed E-state index contributed by atoms with van der Waals surface area (Å²) in [6.07, 6.45) is 4.33. The van der Waals surface area contributed by atoms with Gasteiger partial charge < -0.3 is 0 Å². The van der Waals surface area contributed by atoms with E-state index in [0.717, 1.165) is 30.4 Å². The van der Waals surface area contributed by atoms with E-state index in [9.17, 15) is 16.8 Å². The van der Waals surface area contributed by atoms with Gasteiger partial charge in [-0.3, -0.25) is 0 Å². The van der Waals surface area contributed by atoms with Gasteiger partial charge in [0.15, 0.2) is 9.84 Å². The highest BCUT2D eigenvalue weighted by molar-refractivity contribution is 7.93. The third kappa shape index (κ3) is 4.28. The molecule has 4 rings (SSSR count). The lowest BCUT2D eigenvalue weighted by Gasteiger charge is -2.39. The molecule has 2 fully saturated rings. The van der Waals surface area contributed by atoms with E-state index in [-0.39, 0.29) is 23.2 Å². The Morgan fingerprint density at radius 1 is 0.733 bits per heavy atom. The predicted octanol–water partition coefficient (Wildman–Crippen LogP) is 4.78. The Labute approximate surface area is 188 Å². The zero-order valence-electron chi connectivity index (χ0n) is 16.3. The minimum Gasteiger partial charge on any atom is -0.228 e. The van der Waals surface area contributed by atoms with Gasteiger partial charge in [0.25, 0.3) is 0 Å². The number of rotatable bonds is 5. The molecule has 1 aliphatic heterocycles. The second-order valence-corrected chi connectivity index (χ2v) is 13.3. The molecule has 1 heterocycles. The molecule has 2 aromatic rings. The lowest BCUT2D eigenvalue weighted by atomic mass is 10.0. The average Bonchev–Trinajstić information content (AvgIpc) is 2.66. The molecule has 0 spiro atoms. The van der Waals surface area contributed by atoms with Crippen LogP contribution in [-0.2, 0) is 19.9 Å². The number of benzene rings is 2. The number of hydrogen-bond acceptors (Lipinski definition) is 4. The van der Waals surface area contributed by atoms with Gasteiger partial charge in [-0.05, 0) is 54.3 Å². The van der Waals surface area contributed by atoms with Crippen molar-refractivity contribution in [2.45, 2.75) is 47.5 Å². The van der Waals surface area contributed by atoms with Crippen LogP contribution in [0.5, 0.6) is 0 Å². The summed E-state index contributed by atoms with van der Waals surface area (Å²) in [7, 11) is -7.01. The highest BCUT2D eigenvalue weighted by Gasteiger charge is 2.46. The third-order valence-corrected chi connectivity index (χ3v) is 10.9. The third-order valence-electron chi connectivity index (χ3n) is 5.98. The van der Waals surface area contributed by atoms with Crippen molar-refractivity contribution in [3.05, 3.63) is 52.5 Å². The normalized spacial score (nSPS) is 19.5. The zero-order valence-corrected chi connectivity index (χ0v) is 19.4. The fourth-order valence-electron chi connectivity index (χ4n) is 4.16. The van der Waals surface area contributed by atoms with Crippen LogP contribution < -0.4 is 0 Å². The first-order valence-electron chi connectivity index (χ1n) is 9.97. The highest BCUT2D eigenvalue weighted by atomic mass is 35.5. The number of nitrogens with zero attached hydrogens (tertiary/aromatic N) is 1. The minimum atomic E-state index is -3.72. The van der Waals surface area contributed by atoms with E-state index in [1.54, 1.807) is 30.3 Å². The largest absolute Gasteiger partial charge is 0.243 e. The molecule has 9 heteroatoms. The van der Waals surface area contributed by atoms with E-state index in [0.29, 0.717) is 22.9 Å². The summed E-state index contributed by atoms with van der Waals surface area (Å²) >= 11 is 12.1. The molecular formula is C21H23Cl2NO4S2. The molecule has 1 aliphatic carbocycles. The highest BCUT2D eigenvalue weighted by Crippen LogP contribution is 2.33. The molecule has 0 unspecified atom stereocenters. The monoisotopic (exact) mass is 487 g/mol. The molecule has 0 N–H and O–H groups in total. The van der Waals surface area contributed by atoms with Gasteiger partial charge in [0.1, 0.15) is 0 Å². The molecule has 0 atom stereocenters. The van der Waals surface area contributed by atoms with Crippen LogP contribution in [0, 0.1) is 0 Å². The van der Waals surface area contributed by atoms with Gasteiger partial charge in [-0.2, -0.15) is 4.31 Å². The van der Waals surface area contributed by atoms with Gasteiger partial charge in [0.2, 0.25) is 10.0 Å². The SMILES string of the molecule is O=S(=O)(C1CCCCC1)C1CN(S(=O)(=O)c2ccc(-c3cc(Cl)cc(Cl)c3)cc2)C1. The molecule has 0 bridgehead atoms. The second kappa shape index (κ2) is 8.43. The summed E-state index contributed by atoms with van der Waals surface area (Å²) in [6.45, 7) is 0.0691. The van der Waals surface area contributed by atoms with Crippen molar-refractivity contribution in [2.75, 3.05) is 13.1 Å². The van der Waals surface area contributed by atoms with Gasteiger partial charge in [-0.1, -0.05) is 54.6 Å². The van der Waals surface area contributed by atoms with Crippen molar-refractivity contribution in [2.24, 2.45) is 0 Å². The van der Waals surface area contributed by atoms with Gasteiger partial charge >= 0.3 is 0 Å². The zero-order chi connectivity index (χ0) is 21.5. The Hall–Kier alpha value is -1.12. The Morgan fingerprint density at radius 3 is 1.87 bits per heavy atom. The summed E-state index contributed by atoms with van der Waals surface area (Å²) in [4.78, 5) is 0.146. The average molecular weight is 488 g/mol. The van der Waals surface area contributed by atoms with E-state index in [1.165, 1.54) is 16.4 Å². The van der Waals surface area contributed by atoms with Crippen molar-refractivity contribution in [3.63, 3.8) is 0 Å². The minimum absolute atomic E-state index is 0.0345. The Balaban J connectivity index is 1.47. The summed E-state index contributed by atoms with van der Waals surface area (Å²) < 4.78 is 52.7. The van der Waals surface area contributed by atoms with Crippen LogP contribution in [0.4, 0.5) is 0 Å². The van der Waals surface area contributed by atoms with Crippen LogP contribution in [0.1, 0.15) is 32.1 Å². The van der Waals surface area contributed by atoms with E-state index in [2.05, 4.69) is 0 Å². The predicted molar refractivity (Wildman–Crippen MR) is 120 cm³/mol. The Bertz CT molecular complexity index is 1120. The first-order chi connectivity index (χ1) is 14.2. The molecule has 2 aromatic carbocycles. The van der Waals surface area contributed by atoms with Crippen LogP contribution in [0.2, 0.25) is 10.0 Å². The van der Waals surface area contributed by atoms with Crippen molar-refractivity contribution in [1.29, 1.82) is 0 Å². The van der Waals surface area contributed by atoms with E-state index < -0.39 is 25.1 Å². The molecule has 0 radical (unpaired) electrons. The summed E-state index contributed by atoms with van der Waals surface area (Å²) in [5.41, 5.74) is 1.58. The Kier molecular flexibility index (Phi) is 6.21. The molecule has 2 aliphatic rings. The fourth-order valence-corrected chi connectivity index (χ4v) is 8.72. The summed E-state index contributed by atoms with van der Waals surface area (Å²) in [5.74, 6) is 0. The van der Waals surface area contributed by atoms with Crippen LogP contribution in [0.25, 0.3) is 11.1 Å². The van der Waals surface area contributed by atoms with Crippen molar-refractivity contribution < 1.29 is 16.8 Å². The second-order valence-electron chi connectivity index (χ2n) is 7.98. The van der Waals surface area contributed by atoms with Crippen LogP contribution in [-0.4, -0.2) is 44.7 Å². The molecule has 1 saturated heterocycles. The van der Waals surface area contributed by atoms with Gasteiger partial charge in [-0.15, -0.1) is 0 Å². The summed E-state index contributed by atoms with van der Waals surface area (Å²) in [5, 5.41) is 0.0909. The van der Waals surface area contributed by atoms with Crippen molar-refractivity contribution in [3.8, 4) is 11.1 Å². The lowest BCUT2D eigenvalue weighted by molar-refractivity contribution is 0.306. The van der Waals surface area contributed by atoms with Crippen LogP contribution in [0.15, 0.2) is 47.4 Å². The fraction of sp³-hybridized carbons (Fsp3) is 0.429. The van der Waals surface area contributed by atoms with Gasteiger partial charge in [0.05, 0.1) is 15.4 Å². The Morgan fingerprint density at radius 2 is 1.30 bits per heavy atom. The maximum Gasteiger partial charge on any atom is 0.243 e. The number of hydrogen-bond donors (Lipinski definition) is 0. The molecule has 162 valence electrons. The quantitative estimate of drug-likeness (QED) is 0.607. The molecule has 5 nitrogen and oxygen atoms in total. The van der Waals surface area contributed by atoms with Crippen LogP contribution in [0.3, 0.4) is 0 Å². The molecule has 0 amide bonds. The van der Waals surface area contributed by atoms with E-state index in [1.807, 2.05) is 0 Å². The van der Waals surface area contributed by atoms with Gasteiger partial charge in [0, 0.05) is 23.1 Å². The summed E-state index contributed by atoms with van der Waals surface area (Å²) in [6, 6.07) is 11.6. The topological polar surface area (TPSA) is 71.5 Å². The molecular weight excluding hydrogens is 465 g/mol. The number of sulfonamides is 1. The van der Waals surface area contributed by atoms with Gasteiger partial charge in [-0.25, -0.2) is 16.8 Å².